The molecular formula is C12H14N4O. The fourth-order valence-corrected chi connectivity index (χ4v) is 1.54. The number of fused-ring (bicyclic) bond motifs is 1. The molecule has 5 heteroatoms. The van der Waals surface area contributed by atoms with Crippen LogP contribution < -0.4 is 0 Å². The molecule has 2 rings (SSSR count). The van der Waals surface area contributed by atoms with Crippen LogP contribution in [0, 0.1) is 0 Å². The standard InChI is InChI=1S/C12H14N4O/c1-9(17)10-8-13-12-4-6-14-16(12)11(10)5-7-15(2)3/h4-8H,1-3H3/b7-5+. The molecule has 5 nitrogen and oxygen atoms in total. The van der Waals surface area contributed by atoms with E-state index in [0.717, 1.165) is 11.3 Å². The zero-order valence-corrected chi connectivity index (χ0v) is 10.1. The van der Waals surface area contributed by atoms with Gasteiger partial charge in [-0.2, -0.15) is 5.10 Å². The van der Waals surface area contributed by atoms with Gasteiger partial charge in [0, 0.05) is 32.6 Å². The van der Waals surface area contributed by atoms with Crippen molar-refractivity contribution in [2.75, 3.05) is 14.1 Å². The third kappa shape index (κ3) is 2.18. The number of ketones is 1. The summed E-state index contributed by atoms with van der Waals surface area (Å²) in [6.45, 7) is 1.53. The van der Waals surface area contributed by atoms with Crippen LogP contribution in [0.4, 0.5) is 0 Å². The summed E-state index contributed by atoms with van der Waals surface area (Å²) < 4.78 is 1.66. The number of Topliss-reactive ketones (excluding diaryl/α,β-unsaturated/α-hetero) is 1. The summed E-state index contributed by atoms with van der Waals surface area (Å²) in [7, 11) is 3.84. The van der Waals surface area contributed by atoms with Crippen LogP contribution in [0.5, 0.6) is 0 Å². The molecule has 0 N–H and O–H groups in total. The van der Waals surface area contributed by atoms with Crippen molar-refractivity contribution in [3.8, 4) is 0 Å². The van der Waals surface area contributed by atoms with E-state index in [1.54, 1.807) is 23.0 Å². The number of hydrogen-bond acceptors (Lipinski definition) is 4. The molecule has 17 heavy (non-hydrogen) atoms. The summed E-state index contributed by atoms with van der Waals surface area (Å²) in [5.41, 5.74) is 2.05. The lowest BCUT2D eigenvalue weighted by atomic mass is 10.1. The molecule has 0 aliphatic rings. The minimum Gasteiger partial charge on any atom is -0.383 e. The highest BCUT2D eigenvalue weighted by Gasteiger charge is 2.10. The SMILES string of the molecule is CC(=O)c1cnc2ccnn2c1/C=C/N(C)C. The van der Waals surface area contributed by atoms with Crippen molar-refractivity contribution in [2.24, 2.45) is 0 Å². The molecule has 0 spiro atoms. The summed E-state index contributed by atoms with van der Waals surface area (Å²) in [4.78, 5) is 17.6. The van der Waals surface area contributed by atoms with Crippen LogP contribution in [0.25, 0.3) is 11.7 Å². The average molecular weight is 230 g/mol. The van der Waals surface area contributed by atoms with Gasteiger partial charge < -0.3 is 4.90 Å². The first-order chi connectivity index (χ1) is 8.09. The number of hydrogen-bond donors (Lipinski definition) is 0. The predicted molar refractivity (Wildman–Crippen MR) is 65.7 cm³/mol. The Bertz CT molecular complexity index is 583. The second kappa shape index (κ2) is 4.37. The number of carbonyl (C=O) groups excluding carboxylic acids is 1. The first-order valence-corrected chi connectivity index (χ1v) is 5.28. The van der Waals surface area contributed by atoms with E-state index in [2.05, 4.69) is 10.1 Å². The minimum atomic E-state index is -0.0201. The quantitative estimate of drug-likeness (QED) is 0.749. The number of aromatic nitrogens is 3. The summed E-state index contributed by atoms with van der Waals surface area (Å²) >= 11 is 0. The van der Waals surface area contributed by atoms with E-state index in [0.29, 0.717) is 5.56 Å². The van der Waals surface area contributed by atoms with Gasteiger partial charge in [-0.05, 0) is 13.0 Å². The lowest BCUT2D eigenvalue weighted by Crippen LogP contribution is -2.07. The van der Waals surface area contributed by atoms with E-state index in [1.807, 2.05) is 31.3 Å². The first kappa shape index (κ1) is 11.3. The molecular weight excluding hydrogens is 216 g/mol. The summed E-state index contributed by atoms with van der Waals surface area (Å²) in [6.07, 6.45) is 7.00. The van der Waals surface area contributed by atoms with Gasteiger partial charge in [-0.15, -0.1) is 0 Å². The molecule has 2 aromatic heterocycles. The van der Waals surface area contributed by atoms with Crippen molar-refractivity contribution in [1.29, 1.82) is 0 Å². The third-order valence-electron chi connectivity index (χ3n) is 2.36. The monoisotopic (exact) mass is 230 g/mol. The van der Waals surface area contributed by atoms with Gasteiger partial charge in [-0.1, -0.05) is 0 Å². The van der Waals surface area contributed by atoms with E-state index in [4.69, 9.17) is 0 Å². The van der Waals surface area contributed by atoms with Crippen molar-refractivity contribution in [1.82, 2.24) is 19.5 Å². The molecule has 0 aliphatic heterocycles. The van der Waals surface area contributed by atoms with E-state index in [1.165, 1.54) is 6.92 Å². The van der Waals surface area contributed by atoms with Crippen LogP contribution in [0.15, 0.2) is 24.7 Å². The Labute approximate surface area is 99.4 Å². The van der Waals surface area contributed by atoms with Gasteiger partial charge >= 0.3 is 0 Å². The number of rotatable bonds is 3. The molecule has 0 amide bonds. The Kier molecular flexibility index (Phi) is 2.91. The van der Waals surface area contributed by atoms with Crippen molar-refractivity contribution < 1.29 is 4.79 Å². The number of nitrogens with zero attached hydrogens (tertiary/aromatic N) is 4. The normalized spacial score (nSPS) is 11.2. The van der Waals surface area contributed by atoms with Crippen molar-refractivity contribution in [3.63, 3.8) is 0 Å². The predicted octanol–water partition coefficient (Wildman–Crippen LogP) is 1.46. The Morgan fingerprint density at radius 2 is 2.24 bits per heavy atom. The van der Waals surface area contributed by atoms with Crippen molar-refractivity contribution >= 4 is 17.5 Å². The van der Waals surface area contributed by atoms with Gasteiger partial charge in [0.1, 0.15) is 0 Å². The zero-order valence-electron chi connectivity index (χ0n) is 10.1. The molecule has 0 atom stereocenters. The third-order valence-corrected chi connectivity index (χ3v) is 2.36. The molecule has 0 radical (unpaired) electrons. The maximum Gasteiger partial charge on any atom is 0.163 e. The molecule has 2 heterocycles. The van der Waals surface area contributed by atoms with E-state index >= 15 is 0 Å². The van der Waals surface area contributed by atoms with Crippen molar-refractivity contribution in [2.45, 2.75) is 6.92 Å². The zero-order chi connectivity index (χ0) is 12.4. The smallest absolute Gasteiger partial charge is 0.163 e. The van der Waals surface area contributed by atoms with Crippen molar-refractivity contribution in [3.05, 3.63) is 35.9 Å². The molecule has 0 saturated heterocycles. The highest BCUT2D eigenvalue weighted by atomic mass is 16.1. The summed E-state index contributed by atoms with van der Waals surface area (Å²) in [5.74, 6) is -0.0201. The van der Waals surface area contributed by atoms with Gasteiger partial charge in [-0.3, -0.25) is 4.79 Å². The van der Waals surface area contributed by atoms with Crippen LogP contribution in [0.2, 0.25) is 0 Å². The second-order valence-electron chi connectivity index (χ2n) is 3.99. The lowest BCUT2D eigenvalue weighted by Gasteiger charge is -2.07. The largest absolute Gasteiger partial charge is 0.383 e. The maximum atomic E-state index is 11.5. The molecule has 2 aromatic rings. The van der Waals surface area contributed by atoms with Crippen LogP contribution in [-0.2, 0) is 0 Å². The summed E-state index contributed by atoms with van der Waals surface area (Å²) in [5, 5.41) is 4.17. The van der Waals surface area contributed by atoms with Crippen LogP contribution in [-0.4, -0.2) is 39.4 Å². The molecule has 0 saturated carbocycles. The average Bonchev–Trinajstić information content (AvgIpc) is 2.73. The maximum absolute atomic E-state index is 11.5. The van der Waals surface area contributed by atoms with Gasteiger partial charge in [0.15, 0.2) is 11.4 Å². The van der Waals surface area contributed by atoms with Gasteiger partial charge in [0.2, 0.25) is 0 Å². The molecule has 0 unspecified atom stereocenters. The topological polar surface area (TPSA) is 50.5 Å². The van der Waals surface area contributed by atoms with Crippen LogP contribution in [0.3, 0.4) is 0 Å². The van der Waals surface area contributed by atoms with Crippen LogP contribution >= 0.6 is 0 Å². The van der Waals surface area contributed by atoms with E-state index in [-0.39, 0.29) is 5.78 Å². The first-order valence-electron chi connectivity index (χ1n) is 5.28. The molecule has 0 aliphatic carbocycles. The fourth-order valence-electron chi connectivity index (χ4n) is 1.54. The fraction of sp³-hybridized carbons (Fsp3) is 0.250. The molecule has 0 bridgehead atoms. The van der Waals surface area contributed by atoms with E-state index in [9.17, 15) is 4.79 Å². The highest BCUT2D eigenvalue weighted by Crippen LogP contribution is 2.13. The Balaban J connectivity index is 2.65. The minimum absolute atomic E-state index is 0.0201. The summed E-state index contributed by atoms with van der Waals surface area (Å²) in [6, 6.07) is 1.80. The van der Waals surface area contributed by atoms with Crippen LogP contribution in [0.1, 0.15) is 23.0 Å². The second-order valence-corrected chi connectivity index (χ2v) is 3.99. The molecule has 88 valence electrons. The van der Waals surface area contributed by atoms with E-state index < -0.39 is 0 Å². The van der Waals surface area contributed by atoms with Gasteiger partial charge in [-0.25, -0.2) is 9.50 Å². The highest BCUT2D eigenvalue weighted by molar-refractivity contribution is 5.97. The van der Waals surface area contributed by atoms with Gasteiger partial charge in [0.25, 0.3) is 0 Å². The Morgan fingerprint density at radius 1 is 1.47 bits per heavy atom. The van der Waals surface area contributed by atoms with Gasteiger partial charge in [0.05, 0.1) is 17.5 Å². The molecule has 0 aromatic carbocycles. The molecule has 0 fully saturated rings. The Hall–Kier alpha value is -2.17. The lowest BCUT2D eigenvalue weighted by molar-refractivity contribution is 0.101. The number of carbonyl (C=O) groups is 1. The Morgan fingerprint density at radius 3 is 2.88 bits per heavy atom.